The Labute approximate surface area is 227 Å². The largest absolute Gasteiger partial charge is 0.366 e. The zero-order valence-electron chi connectivity index (χ0n) is 21.1. The number of carbonyl (C=O) groups is 1. The highest BCUT2D eigenvalue weighted by Gasteiger charge is 2.13. The Morgan fingerprint density at radius 1 is 0.974 bits per heavy atom. The van der Waals surface area contributed by atoms with Gasteiger partial charge in [0.15, 0.2) is 5.65 Å². The zero-order chi connectivity index (χ0) is 26.6. The zero-order valence-corrected chi connectivity index (χ0v) is 21.8. The Morgan fingerprint density at radius 3 is 2.50 bits per heavy atom. The van der Waals surface area contributed by atoms with E-state index in [2.05, 4.69) is 39.9 Å². The van der Waals surface area contributed by atoms with Crippen LogP contribution in [0.15, 0.2) is 85.1 Å². The van der Waals surface area contributed by atoms with Crippen LogP contribution in [-0.2, 0) is 6.54 Å². The number of aromatic nitrogens is 3. The molecule has 0 bridgehead atoms. The van der Waals surface area contributed by atoms with Crippen LogP contribution in [0.4, 0.5) is 22.0 Å². The molecule has 0 aliphatic rings. The van der Waals surface area contributed by atoms with Gasteiger partial charge in [0.1, 0.15) is 13.7 Å². The molecule has 2 amide bonds. The number of carbonyl (C=O) groups excluding carboxylic acids is 1. The molecule has 0 fully saturated rings. The predicted octanol–water partition coefficient (Wildman–Crippen LogP) is 6.22. The summed E-state index contributed by atoms with van der Waals surface area (Å²) in [6.07, 6.45) is 1.57. The average molecular weight is 521 g/mol. The van der Waals surface area contributed by atoms with Gasteiger partial charge in [0.05, 0.1) is 5.69 Å². The first-order valence-electron chi connectivity index (χ1n) is 12.3. The standard InChI is InChI=1S/C29H26BClN6O/c1-18(2)20-10-12-21(13-11-20)34-29(38)35-22-7-5-6-19(14-22)16-32-27-15-26(23-8-3-4-9-25(23)31)36-28-24(30)17-33-37(27)28/h3-15,17-18,32H,16H2,1-2H3,(H2,34,35,38). The molecule has 0 unspecified atom stereocenters. The Morgan fingerprint density at radius 2 is 1.74 bits per heavy atom. The summed E-state index contributed by atoms with van der Waals surface area (Å²) in [5.41, 5.74) is 6.10. The maximum atomic E-state index is 12.6. The van der Waals surface area contributed by atoms with E-state index in [0.29, 0.717) is 45.8 Å². The fraction of sp³-hybridized carbons (Fsp3) is 0.138. The lowest BCUT2D eigenvalue weighted by atomic mass is 10.0. The number of fused-ring (bicyclic) bond motifs is 1. The molecule has 188 valence electrons. The van der Waals surface area contributed by atoms with Crippen molar-refractivity contribution in [3.63, 3.8) is 0 Å². The number of anilines is 3. The second kappa shape index (κ2) is 11.0. The molecule has 0 saturated heterocycles. The molecule has 2 aromatic heterocycles. The summed E-state index contributed by atoms with van der Waals surface area (Å²) in [5, 5.41) is 14.2. The Bertz CT molecular complexity index is 1600. The predicted molar refractivity (Wildman–Crippen MR) is 156 cm³/mol. The van der Waals surface area contributed by atoms with Gasteiger partial charge in [-0.15, -0.1) is 0 Å². The van der Waals surface area contributed by atoms with Gasteiger partial charge in [0.2, 0.25) is 0 Å². The minimum Gasteiger partial charge on any atom is -0.366 e. The first-order chi connectivity index (χ1) is 18.4. The Balaban J connectivity index is 1.30. The maximum Gasteiger partial charge on any atom is 0.323 e. The molecule has 5 aromatic rings. The van der Waals surface area contributed by atoms with Crippen molar-refractivity contribution >= 4 is 53.8 Å². The number of benzene rings is 3. The highest BCUT2D eigenvalue weighted by Crippen LogP contribution is 2.28. The van der Waals surface area contributed by atoms with E-state index in [-0.39, 0.29) is 6.03 Å². The molecular weight excluding hydrogens is 495 g/mol. The van der Waals surface area contributed by atoms with E-state index in [1.807, 2.05) is 78.9 Å². The molecule has 3 N–H and O–H groups in total. The Hall–Kier alpha value is -4.30. The van der Waals surface area contributed by atoms with Crippen molar-refractivity contribution in [2.24, 2.45) is 0 Å². The second-order valence-corrected chi connectivity index (χ2v) is 9.66. The van der Waals surface area contributed by atoms with Gasteiger partial charge in [-0.2, -0.15) is 9.61 Å². The number of urea groups is 1. The molecule has 2 radical (unpaired) electrons. The molecule has 0 spiro atoms. The Kier molecular flexibility index (Phi) is 7.33. The monoisotopic (exact) mass is 520 g/mol. The van der Waals surface area contributed by atoms with Crippen molar-refractivity contribution in [2.45, 2.75) is 26.3 Å². The van der Waals surface area contributed by atoms with Gasteiger partial charge in [-0.3, -0.25) is 0 Å². The van der Waals surface area contributed by atoms with Crippen molar-refractivity contribution < 1.29 is 4.79 Å². The second-order valence-electron chi connectivity index (χ2n) is 9.25. The van der Waals surface area contributed by atoms with Crippen molar-refractivity contribution in [1.82, 2.24) is 14.6 Å². The number of amides is 2. The number of hydrogen-bond acceptors (Lipinski definition) is 4. The molecule has 38 heavy (non-hydrogen) atoms. The van der Waals surface area contributed by atoms with Gasteiger partial charge in [-0.05, 0) is 52.8 Å². The molecular formula is C29H26BClN6O. The van der Waals surface area contributed by atoms with Crippen molar-refractivity contribution in [1.29, 1.82) is 0 Å². The maximum absolute atomic E-state index is 12.6. The van der Waals surface area contributed by atoms with Crippen LogP contribution < -0.4 is 21.4 Å². The normalized spacial score (nSPS) is 11.1. The van der Waals surface area contributed by atoms with Crippen LogP contribution in [0.2, 0.25) is 5.02 Å². The minimum atomic E-state index is -0.306. The van der Waals surface area contributed by atoms with Gasteiger partial charge < -0.3 is 16.0 Å². The molecule has 0 atom stereocenters. The highest BCUT2D eigenvalue weighted by molar-refractivity contribution is 6.36. The van der Waals surface area contributed by atoms with Gasteiger partial charge in [0.25, 0.3) is 0 Å². The first-order valence-corrected chi connectivity index (χ1v) is 12.6. The summed E-state index contributed by atoms with van der Waals surface area (Å²) in [6.45, 7) is 4.75. The summed E-state index contributed by atoms with van der Waals surface area (Å²) < 4.78 is 1.66. The van der Waals surface area contributed by atoms with Crippen LogP contribution >= 0.6 is 11.6 Å². The summed E-state index contributed by atoms with van der Waals surface area (Å²) >= 11 is 6.42. The van der Waals surface area contributed by atoms with E-state index in [0.717, 1.165) is 16.8 Å². The molecule has 0 aliphatic heterocycles. The third kappa shape index (κ3) is 5.65. The quantitative estimate of drug-likeness (QED) is 0.222. The molecule has 5 rings (SSSR count). The summed E-state index contributed by atoms with van der Waals surface area (Å²) in [5.74, 6) is 1.15. The first kappa shape index (κ1) is 25.4. The topological polar surface area (TPSA) is 83.3 Å². The van der Waals surface area contributed by atoms with Crippen LogP contribution in [0.1, 0.15) is 30.9 Å². The molecule has 2 heterocycles. The van der Waals surface area contributed by atoms with Crippen LogP contribution in [0.3, 0.4) is 0 Å². The lowest BCUT2D eigenvalue weighted by molar-refractivity contribution is 0.262. The molecule has 3 aromatic carbocycles. The summed E-state index contributed by atoms with van der Waals surface area (Å²) in [7, 11) is 6.13. The van der Waals surface area contributed by atoms with Gasteiger partial charge >= 0.3 is 6.03 Å². The highest BCUT2D eigenvalue weighted by atomic mass is 35.5. The minimum absolute atomic E-state index is 0.306. The van der Waals surface area contributed by atoms with Gasteiger partial charge in [-0.1, -0.05) is 67.9 Å². The number of nitrogens with one attached hydrogen (secondary N) is 3. The van der Waals surface area contributed by atoms with Crippen molar-refractivity contribution in [3.8, 4) is 11.3 Å². The molecule has 0 aliphatic carbocycles. The number of halogens is 1. The third-order valence-corrected chi connectivity index (χ3v) is 6.47. The number of hydrogen-bond donors (Lipinski definition) is 3. The van der Waals surface area contributed by atoms with E-state index in [4.69, 9.17) is 19.4 Å². The molecule has 9 heteroatoms. The van der Waals surface area contributed by atoms with E-state index in [9.17, 15) is 4.79 Å². The number of nitrogens with zero attached hydrogens (tertiary/aromatic N) is 3. The van der Waals surface area contributed by atoms with Crippen LogP contribution in [0, 0.1) is 0 Å². The van der Waals surface area contributed by atoms with Crippen LogP contribution in [-0.4, -0.2) is 28.5 Å². The molecule has 7 nitrogen and oxygen atoms in total. The van der Waals surface area contributed by atoms with E-state index < -0.39 is 0 Å². The number of rotatable bonds is 7. The summed E-state index contributed by atoms with van der Waals surface area (Å²) in [6, 6.07) is 24.6. The smallest absolute Gasteiger partial charge is 0.323 e. The van der Waals surface area contributed by atoms with E-state index >= 15 is 0 Å². The lowest BCUT2D eigenvalue weighted by Gasteiger charge is -2.13. The van der Waals surface area contributed by atoms with Crippen LogP contribution in [0.5, 0.6) is 0 Å². The van der Waals surface area contributed by atoms with Gasteiger partial charge in [0, 0.05) is 40.8 Å². The average Bonchev–Trinajstić information content (AvgIpc) is 3.28. The molecule has 0 saturated carbocycles. The van der Waals surface area contributed by atoms with Crippen molar-refractivity contribution in [2.75, 3.05) is 16.0 Å². The summed E-state index contributed by atoms with van der Waals surface area (Å²) in [4.78, 5) is 17.2. The van der Waals surface area contributed by atoms with E-state index in [1.165, 1.54) is 5.56 Å². The third-order valence-electron chi connectivity index (χ3n) is 6.14. The van der Waals surface area contributed by atoms with Crippen LogP contribution in [0.25, 0.3) is 16.9 Å². The van der Waals surface area contributed by atoms with E-state index in [1.54, 1.807) is 10.7 Å². The van der Waals surface area contributed by atoms with Crippen molar-refractivity contribution in [3.05, 3.63) is 101 Å². The van der Waals surface area contributed by atoms with Gasteiger partial charge in [-0.25, -0.2) is 9.78 Å². The SMILES string of the molecule is [B]c1cnn2c(NCc3cccc(NC(=O)Nc4ccc(C(C)C)cc4)c3)cc(-c3ccccc3Cl)nc12. The fourth-order valence-corrected chi connectivity index (χ4v) is 4.34. The fourth-order valence-electron chi connectivity index (χ4n) is 4.11. The lowest BCUT2D eigenvalue weighted by Crippen LogP contribution is -2.19.